The summed E-state index contributed by atoms with van der Waals surface area (Å²) in [6.45, 7) is 0. The molecule has 2 aliphatic rings. The van der Waals surface area contributed by atoms with Crippen LogP contribution in [0.25, 0.3) is 17.0 Å². The number of carbonyl (C=O) groups excluding carboxylic acids is 1. The minimum atomic E-state index is -0.518. The molecule has 1 aliphatic carbocycles. The first-order chi connectivity index (χ1) is 14.6. The van der Waals surface area contributed by atoms with E-state index in [4.69, 9.17) is 4.74 Å². The molecule has 0 bridgehead atoms. The van der Waals surface area contributed by atoms with Crippen LogP contribution in [0.2, 0.25) is 0 Å². The van der Waals surface area contributed by atoms with Gasteiger partial charge in [-0.15, -0.1) is 15.0 Å². The second-order valence-electron chi connectivity index (χ2n) is 7.94. The topological polar surface area (TPSA) is 85.7 Å². The van der Waals surface area contributed by atoms with Crippen molar-refractivity contribution in [3.8, 4) is 5.69 Å². The van der Waals surface area contributed by atoms with Gasteiger partial charge in [0.05, 0.1) is 5.56 Å². The van der Waals surface area contributed by atoms with Gasteiger partial charge in [-0.1, -0.05) is 30.3 Å². The summed E-state index contributed by atoms with van der Waals surface area (Å²) in [7, 11) is 0. The van der Waals surface area contributed by atoms with E-state index in [0.29, 0.717) is 16.9 Å². The smallest absolute Gasteiger partial charge is 0.339 e. The fraction of sp³-hybridized carbons (Fsp3) is 0.273. The second kappa shape index (κ2) is 6.22. The van der Waals surface area contributed by atoms with Gasteiger partial charge in [-0.3, -0.25) is 0 Å². The summed E-state index contributed by atoms with van der Waals surface area (Å²) in [5.74, 6) is 0.416. The number of aromatic amines is 1. The van der Waals surface area contributed by atoms with E-state index in [1.54, 1.807) is 18.2 Å². The van der Waals surface area contributed by atoms with Gasteiger partial charge < -0.3 is 9.72 Å². The minimum absolute atomic E-state index is 0.208. The lowest BCUT2D eigenvalue weighted by atomic mass is 9.75. The zero-order valence-corrected chi connectivity index (χ0v) is 16.0. The Labute approximate surface area is 170 Å². The summed E-state index contributed by atoms with van der Waals surface area (Å²) in [6.07, 6.45) is 3.18. The van der Waals surface area contributed by atoms with Crippen LogP contribution in [0, 0.1) is 5.82 Å². The minimum Gasteiger partial charge on any atom is -0.451 e. The Balaban J connectivity index is 1.24. The maximum Gasteiger partial charge on any atom is 0.339 e. The Morgan fingerprint density at radius 1 is 1.07 bits per heavy atom. The molecule has 0 radical (unpaired) electrons. The van der Waals surface area contributed by atoms with E-state index >= 15 is 0 Å². The molecule has 1 N–H and O–H groups in total. The number of para-hydroxylation sites is 1. The number of imidazole rings is 1. The number of hydrogen-bond donors (Lipinski definition) is 1. The van der Waals surface area contributed by atoms with E-state index in [0.717, 1.165) is 37.1 Å². The van der Waals surface area contributed by atoms with E-state index in [9.17, 15) is 9.18 Å². The highest BCUT2D eigenvalue weighted by Crippen LogP contribution is 2.49. The van der Waals surface area contributed by atoms with E-state index in [1.807, 2.05) is 24.3 Å². The van der Waals surface area contributed by atoms with E-state index in [1.165, 1.54) is 10.9 Å². The zero-order chi connectivity index (χ0) is 20.3. The summed E-state index contributed by atoms with van der Waals surface area (Å²) >= 11 is 0. The predicted molar refractivity (Wildman–Crippen MR) is 106 cm³/mol. The Hall–Kier alpha value is -3.55. The van der Waals surface area contributed by atoms with Crippen molar-refractivity contribution in [1.29, 1.82) is 0 Å². The summed E-state index contributed by atoms with van der Waals surface area (Å²) in [5.41, 5.74) is 2.44. The molecule has 2 aromatic heterocycles. The molecule has 1 aliphatic heterocycles. The number of carbonyl (C=O) groups is 1. The van der Waals surface area contributed by atoms with Crippen LogP contribution in [0.3, 0.4) is 0 Å². The third-order valence-corrected chi connectivity index (χ3v) is 6.24. The molecular formula is C22H18FN5O2. The first-order valence-electron chi connectivity index (χ1n) is 10.0. The van der Waals surface area contributed by atoms with Crippen LogP contribution in [0.5, 0.6) is 0 Å². The molecule has 2 aromatic carbocycles. The highest BCUT2D eigenvalue weighted by Gasteiger charge is 2.47. The predicted octanol–water partition coefficient (Wildman–Crippen LogP) is 4.01. The Morgan fingerprint density at radius 2 is 1.83 bits per heavy atom. The number of esters is 1. The molecule has 0 atom stereocenters. The van der Waals surface area contributed by atoms with Gasteiger partial charge in [0.2, 0.25) is 11.3 Å². The Kier molecular flexibility index (Phi) is 3.59. The van der Waals surface area contributed by atoms with Crippen molar-refractivity contribution in [2.75, 3.05) is 0 Å². The Morgan fingerprint density at radius 3 is 2.63 bits per heavy atom. The molecule has 150 valence electrons. The lowest BCUT2D eigenvalue weighted by Gasteiger charge is -2.35. The number of ether oxygens (including phenoxy) is 1. The molecule has 7 nitrogen and oxygen atoms in total. The van der Waals surface area contributed by atoms with Gasteiger partial charge in [0.15, 0.2) is 5.82 Å². The van der Waals surface area contributed by atoms with Gasteiger partial charge in [-0.25, -0.2) is 14.2 Å². The number of benzene rings is 2. The van der Waals surface area contributed by atoms with Crippen molar-refractivity contribution in [3.63, 3.8) is 0 Å². The lowest BCUT2D eigenvalue weighted by molar-refractivity contribution is -0.0312. The number of nitrogens with one attached hydrogen (secondary N) is 1. The number of rotatable bonds is 2. The van der Waals surface area contributed by atoms with Crippen LogP contribution in [0.1, 0.15) is 53.3 Å². The SMILES string of the molecule is O=C1O[C@]2(CC[C@H](c3nc4nn(-c5ccccc5F)nc4[nH]3)CC2)c2ccccc21. The van der Waals surface area contributed by atoms with E-state index in [2.05, 4.69) is 20.2 Å². The average Bonchev–Trinajstić information content (AvgIpc) is 3.41. The van der Waals surface area contributed by atoms with Crippen LogP contribution >= 0.6 is 0 Å². The Bertz CT molecular complexity index is 1250. The quantitative estimate of drug-likeness (QED) is 0.511. The number of hydrogen-bond acceptors (Lipinski definition) is 5. The molecule has 0 saturated heterocycles. The van der Waals surface area contributed by atoms with E-state index in [-0.39, 0.29) is 23.4 Å². The first-order valence-corrected chi connectivity index (χ1v) is 10.0. The van der Waals surface area contributed by atoms with Crippen molar-refractivity contribution in [2.45, 2.75) is 37.2 Å². The molecule has 6 rings (SSSR count). The highest BCUT2D eigenvalue weighted by molar-refractivity contribution is 5.94. The lowest BCUT2D eigenvalue weighted by Crippen LogP contribution is -2.31. The third kappa shape index (κ3) is 2.49. The van der Waals surface area contributed by atoms with Crippen LogP contribution in [-0.2, 0) is 10.3 Å². The average molecular weight is 403 g/mol. The van der Waals surface area contributed by atoms with Gasteiger partial charge in [-0.2, -0.15) is 0 Å². The van der Waals surface area contributed by atoms with Crippen molar-refractivity contribution >= 4 is 17.3 Å². The number of H-pyrrole nitrogens is 1. The molecule has 1 fully saturated rings. The molecule has 0 unspecified atom stereocenters. The fourth-order valence-electron chi connectivity index (χ4n) is 4.71. The molecule has 1 saturated carbocycles. The van der Waals surface area contributed by atoms with Crippen molar-refractivity contribution in [1.82, 2.24) is 25.0 Å². The zero-order valence-electron chi connectivity index (χ0n) is 16.0. The standard InChI is InChI=1S/C22H18FN5O2/c23-16-7-3-4-8-17(16)28-26-19-20(27-28)25-18(24-19)13-9-11-22(12-10-13)15-6-2-1-5-14(15)21(29)30-22/h1-8,13H,9-12H2,(H,24,25,26,27)/t13-,22-. The molecule has 30 heavy (non-hydrogen) atoms. The van der Waals surface area contributed by atoms with Crippen LogP contribution < -0.4 is 0 Å². The second-order valence-corrected chi connectivity index (χ2v) is 7.94. The summed E-state index contributed by atoms with van der Waals surface area (Å²) < 4.78 is 19.8. The number of nitrogens with zero attached hydrogens (tertiary/aromatic N) is 4. The summed E-state index contributed by atoms with van der Waals surface area (Å²) in [4.78, 5) is 21.4. The fourth-order valence-corrected chi connectivity index (χ4v) is 4.71. The third-order valence-electron chi connectivity index (χ3n) is 6.24. The number of halogens is 1. The first kappa shape index (κ1) is 17.3. The monoisotopic (exact) mass is 403 g/mol. The van der Waals surface area contributed by atoms with Gasteiger partial charge in [0.1, 0.15) is 17.1 Å². The molecule has 3 heterocycles. The largest absolute Gasteiger partial charge is 0.451 e. The summed E-state index contributed by atoms with van der Waals surface area (Å²) in [5, 5.41) is 8.67. The number of fused-ring (bicyclic) bond motifs is 3. The molecular weight excluding hydrogens is 385 g/mol. The maximum atomic E-state index is 14.0. The van der Waals surface area contributed by atoms with Crippen LogP contribution in [-0.4, -0.2) is 30.9 Å². The van der Waals surface area contributed by atoms with Crippen molar-refractivity contribution in [3.05, 3.63) is 71.3 Å². The van der Waals surface area contributed by atoms with Crippen molar-refractivity contribution < 1.29 is 13.9 Å². The normalized spacial score (nSPS) is 23.1. The van der Waals surface area contributed by atoms with Gasteiger partial charge >= 0.3 is 5.97 Å². The van der Waals surface area contributed by atoms with Gasteiger partial charge in [0, 0.05) is 11.5 Å². The van der Waals surface area contributed by atoms with Crippen molar-refractivity contribution in [2.24, 2.45) is 0 Å². The van der Waals surface area contributed by atoms with Crippen LogP contribution in [0.15, 0.2) is 48.5 Å². The van der Waals surface area contributed by atoms with Gasteiger partial charge in [0.25, 0.3) is 0 Å². The number of aromatic nitrogens is 5. The molecule has 1 spiro atoms. The van der Waals surface area contributed by atoms with E-state index < -0.39 is 5.60 Å². The molecule has 8 heteroatoms. The maximum absolute atomic E-state index is 14.0. The molecule has 4 aromatic rings. The molecule has 0 amide bonds. The highest BCUT2D eigenvalue weighted by atomic mass is 19.1. The van der Waals surface area contributed by atoms with Gasteiger partial charge in [-0.05, 0) is 43.9 Å². The summed E-state index contributed by atoms with van der Waals surface area (Å²) in [6, 6.07) is 14.0. The van der Waals surface area contributed by atoms with Crippen LogP contribution in [0.4, 0.5) is 4.39 Å².